The summed E-state index contributed by atoms with van der Waals surface area (Å²) in [6, 6.07) is 14.0. The molecule has 2 unspecified atom stereocenters. The molecule has 39 heavy (non-hydrogen) atoms. The van der Waals surface area contributed by atoms with Crippen molar-refractivity contribution in [2.24, 2.45) is 0 Å². The molecule has 2 atom stereocenters. The predicted octanol–water partition coefficient (Wildman–Crippen LogP) is 5.49. The van der Waals surface area contributed by atoms with Gasteiger partial charge >= 0.3 is 6.01 Å². The van der Waals surface area contributed by atoms with Crippen LogP contribution >= 0.6 is 0 Å². The topological polar surface area (TPSA) is 73.8 Å². The maximum Gasteiger partial charge on any atom is 0.324 e. The standard InChI is InChI=1S/C31H32FN5O2/c1-18-12-26-29(28(32)27(18)25-14-23(38)13-19-6-3-4-8-24(19)25)34-31(39-17-22-7-5-11-36(22)2)35-30(26)37-15-20-9-10-21(16-37)33-20/h3-4,6,8,12-14,17,20-21,33,38H,5,7,9-11,15-16H2,1-2H3/b22-17-. The Hall–Kier alpha value is -3.91. The fourth-order valence-corrected chi connectivity index (χ4v) is 6.52. The number of halogens is 1. The lowest BCUT2D eigenvalue weighted by Crippen LogP contribution is -2.51. The minimum atomic E-state index is -0.432. The Kier molecular flexibility index (Phi) is 5.81. The van der Waals surface area contributed by atoms with E-state index in [1.807, 2.05) is 44.3 Å². The van der Waals surface area contributed by atoms with Gasteiger partial charge in [-0.3, -0.25) is 0 Å². The summed E-state index contributed by atoms with van der Waals surface area (Å²) in [6.07, 6.45) is 5.98. The number of fused-ring (bicyclic) bond motifs is 4. The first-order chi connectivity index (χ1) is 18.9. The summed E-state index contributed by atoms with van der Waals surface area (Å²) in [5.74, 6) is 0.373. The Morgan fingerprint density at radius 2 is 1.87 bits per heavy atom. The summed E-state index contributed by atoms with van der Waals surface area (Å²) in [5, 5.41) is 16.6. The third-order valence-electron chi connectivity index (χ3n) is 8.44. The van der Waals surface area contributed by atoms with Gasteiger partial charge in [0.05, 0.1) is 0 Å². The maximum absolute atomic E-state index is 16.7. The Morgan fingerprint density at radius 3 is 2.64 bits per heavy atom. The Bertz CT molecular complexity index is 1630. The van der Waals surface area contributed by atoms with Crippen molar-refractivity contribution >= 4 is 27.5 Å². The molecule has 3 fully saturated rings. The molecule has 0 radical (unpaired) electrons. The van der Waals surface area contributed by atoms with E-state index >= 15 is 4.39 Å². The molecule has 3 aromatic carbocycles. The van der Waals surface area contributed by atoms with E-state index in [0.29, 0.717) is 34.4 Å². The lowest BCUT2D eigenvalue weighted by Gasteiger charge is -2.34. The van der Waals surface area contributed by atoms with Crippen LogP contribution in [0.1, 0.15) is 31.2 Å². The van der Waals surface area contributed by atoms with Gasteiger partial charge in [-0.05, 0) is 72.7 Å². The molecule has 4 aromatic rings. The number of allylic oxidation sites excluding steroid dienone is 1. The van der Waals surface area contributed by atoms with Gasteiger partial charge in [0.2, 0.25) is 0 Å². The normalized spacial score (nSPS) is 22.0. The highest BCUT2D eigenvalue weighted by Crippen LogP contribution is 2.41. The lowest BCUT2D eigenvalue weighted by molar-refractivity contribution is 0.401. The van der Waals surface area contributed by atoms with Crippen LogP contribution in [-0.2, 0) is 0 Å². The monoisotopic (exact) mass is 525 g/mol. The van der Waals surface area contributed by atoms with Gasteiger partial charge in [-0.25, -0.2) is 4.39 Å². The molecule has 0 spiro atoms. The number of phenols is 1. The first-order valence-electron chi connectivity index (χ1n) is 13.8. The van der Waals surface area contributed by atoms with Crippen LogP contribution < -0.4 is 15.0 Å². The number of phenolic OH excluding ortho intramolecular Hbond substituents is 1. The van der Waals surface area contributed by atoms with Crippen molar-refractivity contribution in [3.63, 3.8) is 0 Å². The van der Waals surface area contributed by atoms with E-state index in [1.165, 1.54) is 0 Å². The number of hydrogen-bond acceptors (Lipinski definition) is 7. The Balaban J connectivity index is 1.42. The summed E-state index contributed by atoms with van der Waals surface area (Å²) >= 11 is 0. The zero-order valence-corrected chi connectivity index (χ0v) is 22.2. The van der Waals surface area contributed by atoms with Gasteiger partial charge in [-0.1, -0.05) is 24.3 Å². The van der Waals surface area contributed by atoms with E-state index in [1.54, 1.807) is 18.4 Å². The highest BCUT2D eigenvalue weighted by Gasteiger charge is 2.34. The van der Waals surface area contributed by atoms with Crippen LogP contribution in [0.25, 0.3) is 32.8 Å². The number of aromatic nitrogens is 2. The summed E-state index contributed by atoms with van der Waals surface area (Å²) in [6.45, 7) is 4.52. The van der Waals surface area contributed by atoms with E-state index in [4.69, 9.17) is 9.72 Å². The minimum absolute atomic E-state index is 0.0959. The number of aromatic hydroxyl groups is 1. The zero-order valence-electron chi connectivity index (χ0n) is 22.2. The molecule has 4 heterocycles. The molecule has 8 heteroatoms. The molecule has 200 valence electrons. The van der Waals surface area contributed by atoms with Gasteiger partial charge in [0.15, 0.2) is 5.82 Å². The first-order valence-corrected chi connectivity index (χ1v) is 13.8. The van der Waals surface area contributed by atoms with Gasteiger partial charge < -0.3 is 25.0 Å². The molecular weight excluding hydrogens is 493 g/mol. The van der Waals surface area contributed by atoms with E-state index in [2.05, 4.69) is 20.1 Å². The van der Waals surface area contributed by atoms with Gasteiger partial charge in [0.25, 0.3) is 0 Å². The van der Waals surface area contributed by atoms with Crippen molar-refractivity contribution in [2.75, 3.05) is 31.6 Å². The average molecular weight is 526 g/mol. The number of ether oxygens (including phenoxy) is 1. The van der Waals surface area contributed by atoms with Gasteiger partial charge in [-0.15, -0.1) is 0 Å². The minimum Gasteiger partial charge on any atom is -0.508 e. The van der Waals surface area contributed by atoms with Crippen LogP contribution in [0.4, 0.5) is 10.2 Å². The summed E-state index contributed by atoms with van der Waals surface area (Å²) < 4.78 is 22.7. The fourth-order valence-electron chi connectivity index (χ4n) is 6.52. The summed E-state index contributed by atoms with van der Waals surface area (Å²) in [7, 11) is 2.04. The molecule has 3 aliphatic rings. The van der Waals surface area contributed by atoms with Crippen LogP contribution in [0.3, 0.4) is 0 Å². The van der Waals surface area contributed by atoms with Gasteiger partial charge in [0, 0.05) is 55.4 Å². The Labute approximate surface area is 226 Å². The molecule has 0 aliphatic carbocycles. The van der Waals surface area contributed by atoms with Crippen LogP contribution in [0.2, 0.25) is 0 Å². The lowest BCUT2D eigenvalue weighted by atomic mass is 9.93. The summed E-state index contributed by atoms with van der Waals surface area (Å²) in [5.41, 5.74) is 3.14. The van der Waals surface area contributed by atoms with Crippen molar-refractivity contribution in [3.8, 4) is 22.9 Å². The third-order valence-corrected chi connectivity index (χ3v) is 8.44. The highest BCUT2D eigenvalue weighted by atomic mass is 19.1. The highest BCUT2D eigenvalue weighted by molar-refractivity contribution is 6.02. The van der Waals surface area contributed by atoms with E-state index in [0.717, 1.165) is 67.4 Å². The molecular formula is C31H32FN5O2. The number of hydrogen-bond donors (Lipinski definition) is 2. The van der Waals surface area contributed by atoms with E-state index < -0.39 is 5.82 Å². The Morgan fingerprint density at radius 1 is 1.08 bits per heavy atom. The largest absolute Gasteiger partial charge is 0.508 e. The molecule has 1 aromatic heterocycles. The second-order valence-electron chi connectivity index (χ2n) is 11.1. The smallest absolute Gasteiger partial charge is 0.324 e. The second kappa shape index (κ2) is 9.38. The molecule has 7 rings (SSSR count). The molecule has 2 N–H and O–H groups in total. The van der Waals surface area contributed by atoms with Crippen molar-refractivity contribution in [1.82, 2.24) is 20.2 Å². The quantitative estimate of drug-likeness (QED) is 0.342. The number of nitrogens with one attached hydrogen (secondary N) is 1. The van der Waals surface area contributed by atoms with E-state index in [9.17, 15) is 5.11 Å². The molecule has 3 saturated heterocycles. The second-order valence-corrected chi connectivity index (χ2v) is 11.1. The van der Waals surface area contributed by atoms with Gasteiger partial charge in [-0.2, -0.15) is 9.97 Å². The molecule has 7 nitrogen and oxygen atoms in total. The maximum atomic E-state index is 16.7. The SMILES string of the molecule is Cc1cc2c(N3CC4CCC(C3)N4)nc(O/C=C3/CCCN3C)nc2c(F)c1-c1cc(O)cc2ccccc12. The number of rotatable bonds is 4. The van der Waals surface area contributed by atoms with Crippen LogP contribution in [-0.4, -0.2) is 58.7 Å². The number of likely N-dealkylation sites (tertiary alicyclic amines) is 1. The van der Waals surface area contributed by atoms with Crippen LogP contribution in [0.15, 0.2) is 54.4 Å². The number of anilines is 1. The number of piperazine rings is 1. The third kappa shape index (κ3) is 4.23. The number of nitrogens with zero attached hydrogens (tertiary/aromatic N) is 4. The molecule has 2 bridgehead atoms. The molecule has 0 amide bonds. The number of aryl methyl sites for hydroxylation is 1. The first kappa shape index (κ1) is 24.2. The van der Waals surface area contributed by atoms with E-state index in [-0.39, 0.29) is 17.3 Å². The molecule has 3 aliphatic heterocycles. The fraction of sp³-hybridized carbons (Fsp3) is 0.355. The van der Waals surface area contributed by atoms with Crippen molar-refractivity contribution in [2.45, 2.75) is 44.7 Å². The summed E-state index contributed by atoms with van der Waals surface area (Å²) in [4.78, 5) is 13.9. The number of benzene rings is 3. The molecule has 0 saturated carbocycles. The van der Waals surface area contributed by atoms with Crippen molar-refractivity contribution in [3.05, 3.63) is 65.8 Å². The van der Waals surface area contributed by atoms with Crippen LogP contribution in [0.5, 0.6) is 11.8 Å². The van der Waals surface area contributed by atoms with Crippen molar-refractivity contribution in [1.29, 1.82) is 0 Å². The van der Waals surface area contributed by atoms with Crippen LogP contribution in [0, 0.1) is 12.7 Å². The average Bonchev–Trinajstić information content (AvgIpc) is 3.50. The predicted molar refractivity (Wildman–Crippen MR) is 152 cm³/mol. The van der Waals surface area contributed by atoms with Gasteiger partial charge in [0.1, 0.15) is 23.3 Å². The zero-order chi connectivity index (χ0) is 26.7. The van der Waals surface area contributed by atoms with Crippen molar-refractivity contribution < 1.29 is 14.2 Å².